The molecule has 0 amide bonds. The Morgan fingerprint density at radius 2 is 1.44 bits per heavy atom. The molecule has 11 heteroatoms. The molecule has 0 saturated carbocycles. The highest BCUT2D eigenvalue weighted by molar-refractivity contribution is 7.88. The Kier molecular flexibility index (Phi) is 6.79. The van der Waals surface area contributed by atoms with Gasteiger partial charge in [0.2, 0.25) is 0 Å². The normalized spacial score (nSPS) is 11.9. The molecule has 0 aliphatic rings. The number of hydrogen-bond donors (Lipinski definition) is 0. The Bertz CT molecular complexity index is 693. The van der Waals surface area contributed by atoms with E-state index in [0.29, 0.717) is 5.56 Å². The van der Waals surface area contributed by atoms with Crippen LogP contribution in [0.2, 0.25) is 0 Å². The first-order valence-electron chi connectivity index (χ1n) is 6.74. The summed E-state index contributed by atoms with van der Waals surface area (Å²) in [5.74, 6) is -2.42. The lowest BCUT2D eigenvalue weighted by Gasteiger charge is -2.16. The smallest absolute Gasteiger partial charge is 0.469 e. The van der Waals surface area contributed by atoms with Gasteiger partial charge in [0.1, 0.15) is 5.75 Å². The average molecular weight is 384 g/mol. The molecule has 0 fully saturated rings. The number of alkyl halides is 3. The molecule has 0 aliphatic carbocycles. The molecular weight excluding hydrogens is 369 g/mol. The summed E-state index contributed by atoms with van der Waals surface area (Å²) in [4.78, 5) is 22.9. The highest BCUT2D eigenvalue weighted by atomic mass is 32.2. The van der Waals surface area contributed by atoms with E-state index in [0.717, 1.165) is 26.4 Å². The van der Waals surface area contributed by atoms with E-state index in [1.165, 1.54) is 12.1 Å². The van der Waals surface area contributed by atoms with Gasteiger partial charge in [-0.15, -0.1) is 0 Å². The number of benzene rings is 1. The summed E-state index contributed by atoms with van der Waals surface area (Å²) >= 11 is 0. The van der Waals surface area contributed by atoms with Gasteiger partial charge in [-0.1, -0.05) is 12.1 Å². The van der Waals surface area contributed by atoms with E-state index in [9.17, 15) is 31.2 Å². The van der Waals surface area contributed by atoms with Crippen molar-refractivity contribution in [1.82, 2.24) is 0 Å². The second-order valence-corrected chi connectivity index (χ2v) is 6.35. The Labute approximate surface area is 141 Å². The van der Waals surface area contributed by atoms with E-state index in [4.69, 9.17) is 0 Å². The van der Waals surface area contributed by atoms with Crippen LogP contribution in [-0.2, 0) is 29.2 Å². The molecule has 0 spiro atoms. The minimum atomic E-state index is -5.78. The second kappa shape index (κ2) is 8.19. The predicted octanol–water partition coefficient (Wildman–Crippen LogP) is 2.12. The van der Waals surface area contributed by atoms with Gasteiger partial charge in [0.25, 0.3) is 0 Å². The lowest BCUT2D eigenvalue weighted by molar-refractivity contribution is -0.143. The first kappa shape index (κ1) is 20.7. The summed E-state index contributed by atoms with van der Waals surface area (Å²) in [6.45, 7) is 0. The molecule has 25 heavy (non-hydrogen) atoms. The third kappa shape index (κ3) is 5.93. The second-order valence-electron chi connectivity index (χ2n) is 4.81. The van der Waals surface area contributed by atoms with Gasteiger partial charge < -0.3 is 13.7 Å². The highest BCUT2D eigenvalue weighted by Gasteiger charge is 2.48. The predicted molar refractivity (Wildman–Crippen MR) is 78.1 cm³/mol. The third-order valence-electron chi connectivity index (χ3n) is 3.12. The summed E-state index contributed by atoms with van der Waals surface area (Å²) in [6, 6.07) is 4.47. The largest absolute Gasteiger partial charge is 0.534 e. The molecule has 0 N–H and O–H groups in total. The van der Waals surface area contributed by atoms with Crippen LogP contribution in [-0.4, -0.2) is 40.1 Å². The quantitative estimate of drug-likeness (QED) is 0.404. The van der Waals surface area contributed by atoms with E-state index in [2.05, 4.69) is 13.7 Å². The van der Waals surface area contributed by atoms with Crippen molar-refractivity contribution in [1.29, 1.82) is 0 Å². The molecule has 0 saturated heterocycles. The number of rotatable bonds is 7. The zero-order valence-corrected chi connectivity index (χ0v) is 14.0. The van der Waals surface area contributed by atoms with Crippen molar-refractivity contribution < 1.29 is 44.8 Å². The maximum atomic E-state index is 12.3. The lowest BCUT2D eigenvalue weighted by Crippen LogP contribution is -2.28. The Morgan fingerprint density at radius 3 is 1.80 bits per heavy atom. The summed E-state index contributed by atoms with van der Waals surface area (Å²) in [5, 5.41) is 0. The maximum Gasteiger partial charge on any atom is 0.534 e. The third-order valence-corrected chi connectivity index (χ3v) is 4.10. The molecule has 1 rings (SSSR count). The van der Waals surface area contributed by atoms with Gasteiger partial charge in [0.05, 0.1) is 27.1 Å². The topological polar surface area (TPSA) is 96.0 Å². The van der Waals surface area contributed by atoms with Crippen LogP contribution in [0.3, 0.4) is 0 Å². The molecule has 0 unspecified atom stereocenters. The zero-order chi connectivity index (χ0) is 19.3. The Balaban J connectivity index is 2.99. The summed E-state index contributed by atoms with van der Waals surface area (Å²) in [6.07, 6.45) is -0.348. The van der Waals surface area contributed by atoms with Crippen molar-refractivity contribution in [3.63, 3.8) is 0 Å². The molecular formula is C14H15F3O7S. The molecule has 0 aromatic heterocycles. The van der Waals surface area contributed by atoms with E-state index in [1.807, 2.05) is 0 Å². The van der Waals surface area contributed by atoms with E-state index in [1.54, 1.807) is 0 Å². The number of carbonyl (C=O) groups is 2. The average Bonchev–Trinajstić information content (AvgIpc) is 2.53. The molecule has 1 aromatic carbocycles. The van der Waals surface area contributed by atoms with Crippen molar-refractivity contribution in [2.75, 3.05) is 14.2 Å². The number of hydrogen-bond acceptors (Lipinski definition) is 7. The molecule has 0 bridgehead atoms. The van der Waals surface area contributed by atoms with Gasteiger partial charge in [-0.3, -0.25) is 9.59 Å². The highest BCUT2D eigenvalue weighted by Crippen LogP contribution is 2.30. The van der Waals surface area contributed by atoms with Crippen molar-refractivity contribution in [3.8, 4) is 5.75 Å². The van der Waals surface area contributed by atoms with Gasteiger partial charge >= 0.3 is 27.6 Å². The molecule has 0 heterocycles. The van der Waals surface area contributed by atoms with Gasteiger partial charge in [0, 0.05) is 5.92 Å². The molecule has 0 aliphatic heterocycles. The Morgan fingerprint density at radius 1 is 1.00 bits per heavy atom. The number of halogens is 3. The van der Waals surface area contributed by atoms with Crippen LogP contribution in [0.4, 0.5) is 13.2 Å². The van der Waals surface area contributed by atoms with Gasteiger partial charge in [-0.25, -0.2) is 0 Å². The fourth-order valence-corrected chi connectivity index (χ4v) is 2.31. The molecule has 1 aromatic rings. The van der Waals surface area contributed by atoms with Crippen molar-refractivity contribution in [2.45, 2.75) is 24.3 Å². The van der Waals surface area contributed by atoms with Crippen LogP contribution in [0.5, 0.6) is 5.75 Å². The van der Waals surface area contributed by atoms with Crippen LogP contribution < -0.4 is 4.18 Å². The van der Waals surface area contributed by atoms with Crippen LogP contribution in [0, 0.1) is 0 Å². The first-order valence-corrected chi connectivity index (χ1v) is 8.15. The first-order chi connectivity index (χ1) is 11.5. The number of carbonyl (C=O) groups excluding carboxylic acids is 2. The molecule has 0 atom stereocenters. The van der Waals surface area contributed by atoms with Crippen LogP contribution in [0.1, 0.15) is 24.3 Å². The number of ether oxygens (including phenoxy) is 2. The van der Waals surface area contributed by atoms with E-state index in [-0.39, 0.29) is 12.8 Å². The maximum absolute atomic E-state index is 12.3. The Hall–Kier alpha value is -2.30. The van der Waals surface area contributed by atoms with Crippen LogP contribution in [0.15, 0.2) is 24.3 Å². The van der Waals surface area contributed by atoms with Crippen molar-refractivity contribution in [3.05, 3.63) is 29.8 Å². The SMILES string of the molecule is COC(=O)CC(CC(=O)OC)c1ccc(OS(=O)(=O)C(F)(F)F)cc1. The van der Waals surface area contributed by atoms with E-state index < -0.39 is 39.2 Å². The van der Waals surface area contributed by atoms with Gasteiger partial charge in [-0.05, 0) is 17.7 Å². The van der Waals surface area contributed by atoms with Crippen molar-refractivity contribution in [2.24, 2.45) is 0 Å². The number of methoxy groups -OCH3 is 2. The van der Waals surface area contributed by atoms with Gasteiger partial charge in [-0.2, -0.15) is 21.6 Å². The summed E-state index contributed by atoms with van der Waals surface area (Å²) in [5.41, 5.74) is -5.16. The standard InChI is InChI=1S/C14H15F3O7S/c1-22-12(18)7-10(8-13(19)23-2)9-3-5-11(6-4-9)24-25(20,21)14(15,16)17/h3-6,10H,7-8H2,1-2H3. The number of esters is 2. The fourth-order valence-electron chi connectivity index (χ4n) is 1.85. The molecule has 140 valence electrons. The monoisotopic (exact) mass is 384 g/mol. The molecule has 7 nitrogen and oxygen atoms in total. The molecule has 0 radical (unpaired) electrons. The minimum absolute atomic E-state index is 0.174. The summed E-state index contributed by atoms with van der Waals surface area (Å²) < 4.78 is 71.7. The van der Waals surface area contributed by atoms with Crippen molar-refractivity contribution >= 4 is 22.1 Å². The minimum Gasteiger partial charge on any atom is -0.469 e. The lowest BCUT2D eigenvalue weighted by atomic mass is 9.92. The van der Waals surface area contributed by atoms with Crippen LogP contribution in [0.25, 0.3) is 0 Å². The van der Waals surface area contributed by atoms with Crippen LogP contribution >= 0.6 is 0 Å². The van der Waals surface area contributed by atoms with Gasteiger partial charge in [0.15, 0.2) is 0 Å². The zero-order valence-electron chi connectivity index (χ0n) is 13.2. The van der Waals surface area contributed by atoms with E-state index >= 15 is 0 Å². The summed E-state index contributed by atoms with van der Waals surface area (Å²) in [7, 11) is -3.45. The fraction of sp³-hybridized carbons (Fsp3) is 0.429.